The Labute approximate surface area is 216 Å². The second-order valence-corrected chi connectivity index (χ2v) is 10.2. The van der Waals surface area contributed by atoms with E-state index < -0.39 is 15.9 Å². The van der Waals surface area contributed by atoms with Crippen molar-refractivity contribution in [2.24, 2.45) is 0 Å². The van der Waals surface area contributed by atoms with Gasteiger partial charge in [-0.2, -0.15) is 4.31 Å². The number of carbonyl (C=O) groups is 1. The molecule has 3 rings (SSSR count). The molecule has 36 heavy (non-hydrogen) atoms. The van der Waals surface area contributed by atoms with Crippen LogP contribution in [0.5, 0.6) is 17.2 Å². The summed E-state index contributed by atoms with van der Waals surface area (Å²) in [6.07, 6.45) is 0.437. The molecule has 0 aliphatic carbocycles. The summed E-state index contributed by atoms with van der Waals surface area (Å²) in [6.45, 7) is -0.0496. The van der Waals surface area contributed by atoms with Gasteiger partial charge in [0.25, 0.3) is 0 Å². The van der Waals surface area contributed by atoms with Crippen LogP contribution in [0.2, 0.25) is 5.02 Å². The minimum Gasteiger partial charge on any atom is -0.495 e. The van der Waals surface area contributed by atoms with Crippen molar-refractivity contribution in [3.05, 3.63) is 82.9 Å². The number of amides is 1. The lowest BCUT2D eigenvalue weighted by Crippen LogP contribution is -2.41. The molecule has 10 heteroatoms. The maximum atomic E-state index is 13.5. The van der Waals surface area contributed by atoms with Crippen molar-refractivity contribution in [2.75, 3.05) is 34.4 Å². The van der Waals surface area contributed by atoms with E-state index in [0.717, 1.165) is 15.4 Å². The summed E-state index contributed by atoms with van der Waals surface area (Å²) in [5.74, 6) is 1.02. The summed E-state index contributed by atoms with van der Waals surface area (Å²) in [7, 11) is 0.499. The van der Waals surface area contributed by atoms with Crippen LogP contribution < -0.4 is 19.5 Å². The van der Waals surface area contributed by atoms with Crippen LogP contribution in [0.3, 0.4) is 0 Å². The molecule has 0 heterocycles. The van der Waals surface area contributed by atoms with Gasteiger partial charge in [-0.25, -0.2) is 8.42 Å². The predicted octanol–water partition coefficient (Wildman–Crippen LogP) is 3.92. The molecule has 0 saturated heterocycles. The molecule has 0 atom stereocenters. The predicted molar refractivity (Wildman–Crippen MR) is 138 cm³/mol. The second-order valence-electron chi connectivity index (χ2n) is 7.84. The first kappa shape index (κ1) is 27.3. The van der Waals surface area contributed by atoms with Gasteiger partial charge >= 0.3 is 0 Å². The van der Waals surface area contributed by atoms with Gasteiger partial charge in [-0.05, 0) is 47.9 Å². The fourth-order valence-electron chi connectivity index (χ4n) is 3.55. The summed E-state index contributed by atoms with van der Waals surface area (Å²) in [4.78, 5) is 12.8. The standard InChI is InChI=1S/C26H29ClN2O6S/c1-33-23-12-10-21(16-22(23)27)36(31,32)29(14-13-19-7-5-4-6-8-19)18-26(30)28-17-20-9-11-24(34-2)25(15-20)35-3/h4-12,15-16H,13-14,17-18H2,1-3H3,(H,28,30). The number of carbonyl (C=O) groups excluding carboxylic acids is 1. The Morgan fingerprint density at radius 3 is 2.17 bits per heavy atom. The zero-order valence-corrected chi connectivity index (χ0v) is 21.9. The summed E-state index contributed by atoms with van der Waals surface area (Å²) in [5.41, 5.74) is 1.73. The molecule has 0 bridgehead atoms. The van der Waals surface area contributed by atoms with E-state index in [0.29, 0.717) is 23.7 Å². The van der Waals surface area contributed by atoms with Crippen LogP contribution in [-0.2, 0) is 27.8 Å². The Balaban J connectivity index is 1.77. The fourth-order valence-corrected chi connectivity index (χ4v) is 5.29. The van der Waals surface area contributed by atoms with Crippen LogP contribution in [0.25, 0.3) is 0 Å². The molecule has 8 nitrogen and oxygen atoms in total. The summed E-state index contributed by atoms with van der Waals surface area (Å²) >= 11 is 6.18. The Morgan fingerprint density at radius 2 is 1.53 bits per heavy atom. The number of sulfonamides is 1. The van der Waals surface area contributed by atoms with E-state index in [4.69, 9.17) is 25.8 Å². The van der Waals surface area contributed by atoms with Crippen molar-refractivity contribution in [3.63, 3.8) is 0 Å². The van der Waals surface area contributed by atoms with Crippen LogP contribution in [0.1, 0.15) is 11.1 Å². The second kappa shape index (κ2) is 12.6. The van der Waals surface area contributed by atoms with E-state index in [1.807, 2.05) is 30.3 Å². The minimum atomic E-state index is -4.02. The Hall–Kier alpha value is -3.27. The van der Waals surface area contributed by atoms with Gasteiger partial charge in [0.15, 0.2) is 11.5 Å². The zero-order valence-electron chi connectivity index (χ0n) is 20.4. The molecule has 3 aromatic rings. The van der Waals surface area contributed by atoms with Gasteiger partial charge in [0.2, 0.25) is 15.9 Å². The third kappa shape index (κ3) is 6.90. The highest BCUT2D eigenvalue weighted by Crippen LogP contribution is 2.29. The van der Waals surface area contributed by atoms with E-state index in [1.54, 1.807) is 25.3 Å². The molecule has 0 aromatic heterocycles. The Bertz CT molecular complexity index is 1280. The number of hydrogen-bond acceptors (Lipinski definition) is 6. The Kier molecular flexibility index (Phi) is 9.58. The zero-order chi connectivity index (χ0) is 26.1. The molecule has 0 unspecified atom stereocenters. The minimum absolute atomic E-state index is 0.0194. The van der Waals surface area contributed by atoms with E-state index >= 15 is 0 Å². The highest BCUT2D eigenvalue weighted by molar-refractivity contribution is 7.89. The number of halogens is 1. The van der Waals surface area contributed by atoms with Gasteiger partial charge in [0.1, 0.15) is 5.75 Å². The lowest BCUT2D eigenvalue weighted by molar-refractivity contribution is -0.121. The fraction of sp³-hybridized carbons (Fsp3) is 0.269. The molecule has 0 aliphatic rings. The first-order chi connectivity index (χ1) is 17.3. The molecule has 192 valence electrons. The van der Waals surface area contributed by atoms with Gasteiger partial charge in [0.05, 0.1) is 37.8 Å². The number of hydrogen-bond donors (Lipinski definition) is 1. The maximum Gasteiger partial charge on any atom is 0.243 e. The molecule has 0 aliphatic heterocycles. The highest BCUT2D eigenvalue weighted by Gasteiger charge is 2.27. The van der Waals surface area contributed by atoms with E-state index in [1.165, 1.54) is 32.4 Å². The molecule has 0 spiro atoms. The normalized spacial score (nSPS) is 11.2. The van der Waals surface area contributed by atoms with Gasteiger partial charge in [-0.3, -0.25) is 4.79 Å². The van der Waals surface area contributed by atoms with Crippen molar-refractivity contribution in [1.82, 2.24) is 9.62 Å². The van der Waals surface area contributed by atoms with Gasteiger partial charge in [-0.1, -0.05) is 48.0 Å². The van der Waals surface area contributed by atoms with Crippen molar-refractivity contribution in [2.45, 2.75) is 17.9 Å². The number of methoxy groups -OCH3 is 3. The molecule has 0 saturated carbocycles. The molecular weight excluding hydrogens is 504 g/mol. The lowest BCUT2D eigenvalue weighted by Gasteiger charge is -2.22. The average Bonchev–Trinajstić information content (AvgIpc) is 2.89. The molecular formula is C26H29ClN2O6S. The first-order valence-electron chi connectivity index (χ1n) is 11.1. The van der Waals surface area contributed by atoms with Gasteiger partial charge in [0, 0.05) is 13.1 Å². The molecule has 0 radical (unpaired) electrons. The van der Waals surface area contributed by atoms with Crippen LogP contribution in [0.4, 0.5) is 0 Å². The van der Waals surface area contributed by atoms with Crippen LogP contribution >= 0.6 is 11.6 Å². The number of nitrogens with one attached hydrogen (secondary N) is 1. The van der Waals surface area contributed by atoms with E-state index in [-0.39, 0.29) is 29.6 Å². The highest BCUT2D eigenvalue weighted by atomic mass is 35.5. The number of benzene rings is 3. The average molecular weight is 533 g/mol. The monoisotopic (exact) mass is 532 g/mol. The van der Waals surface area contributed by atoms with Gasteiger partial charge < -0.3 is 19.5 Å². The molecule has 1 amide bonds. The van der Waals surface area contributed by atoms with Gasteiger partial charge in [-0.15, -0.1) is 0 Å². The SMILES string of the molecule is COc1ccc(S(=O)(=O)N(CCc2ccccc2)CC(=O)NCc2ccc(OC)c(OC)c2)cc1Cl. The van der Waals surface area contributed by atoms with Crippen LogP contribution in [0, 0.1) is 0 Å². The van der Waals surface area contributed by atoms with Crippen molar-refractivity contribution in [1.29, 1.82) is 0 Å². The summed E-state index contributed by atoms with van der Waals surface area (Å²) in [5, 5.41) is 2.95. The van der Waals surface area contributed by atoms with Crippen molar-refractivity contribution in [3.8, 4) is 17.2 Å². The Morgan fingerprint density at radius 1 is 0.861 bits per heavy atom. The molecule has 1 N–H and O–H groups in total. The van der Waals surface area contributed by atoms with Crippen molar-refractivity contribution >= 4 is 27.5 Å². The topological polar surface area (TPSA) is 94.2 Å². The third-order valence-corrected chi connectivity index (χ3v) is 7.65. The lowest BCUT2D eigenvalue weighted by atomic mass is 10.1. The smallest absolute Gasteiger partial charge is 0.243 e. The summed E-state index contributed by atoms with van der Waals surface area (Å²) in [6, 6.07) is 19.0. The maximum absolute atomic E-state index is 13.5. The largest absolute Gasteiger partial charge is 0.495 e. The van der Waals surface area contributed by atoms with Crippen LogP contribution in [0.15, 0.2) is 71.6 Å². The van der Waals surface area contributed by atoms with E-state index in [9.17, 15) is 13.2 Å². The molecule has 3 aromatic carbocycles. The quantitative estimate of drug-likeness (QED) is 0.380. The molecule has 0 fully saturated rings. The summed E-state index contributed by atoms with van der Waals surface area (Å²) < 4.78 is 43.8. The number of rotatable bonds is 12. The third-order valence-electron chi connectivity index (χ3n) is 5.51. The van der Waals surface area contributed by atoms with Crippen molar-refractivity contribution < 1.29 is 27.4 Å². The number of nitrogens with zero attached hydrogens (tertiary/aromatic N) is 1. The number of ether oxygens (including phenoxy) is 3. The first-order valence-corrected chi connectivity index (χ1v) is 13.0. The van der Waals surface area contributed by atoms with E-state index in [2.05, 4.69) is 5.32 Å². The van der Waals surface area contributed by atoms with Crippen LogP contribution in [-0.4, -0.2) is 53.0 Å².